The predicted octanol–water partition coefficient (Wildman–Crippen LogP) is 11.3. The average molecular weight is 627 g/mol. The zero-order valence-electron chi connectivity index (χ0n) is 26.9. The highest BCUT2D eigenvalue weighted by Gasteiger charge is 2.18. The Labute approximate surface area is 285 Å². The number of para-hydroxylation sites is 4. The van der Waals surface area contributed by atoms with Gasteiger partial charge in [0, 0.05) is 44.2 Å². The standard InChI is InChI=1S/C45H30N4/c1-3-31(28-46)25-40-30(2)48(42-19-8-6-17-38(40)42)35-14-12-13-32(26-35)33-23-24-34(29-47)41(27-33)39-18-7-11-22-45(39)49-43-20-9-4-15-36(43)37-16-5-10-21-44(37)49/h3-27H,1H2,2H3/b31-25+. The van der Waals surface area contributed by atoms with E-state index < -0.39 is 0 Å². The number of fused-ring (bicyclic) bond motifs is 4. The number of rotatable bonds is 6. The molecule has 0 fully saturated rings. The molecule has 4 heteroatoms. The lowest BCUT2D eigenvalue weighted by molar-refractivity contribution is 1.05. The van der Waals surface area contributed by atoms with E-state index in [0.717, 1.165) is 66.8 Å². The fourth-order valence-corrected chi connectivity index (χ4v) is 7.15. The van der Waals surface area contributed by atoms with E-state index in [0.29, 0.717) is 11.1 Å². The van der Waals surface area contributed by atoms with Crippen molar-refractivity contribution in [3.05, 3.63) is 175 Å². The third-order valence-electron chi connectivity index (χ3n) is 9.40. The molecule has 0 amide bonds. The third-order valence-corrected chi connectivity index (χ3v) is 9.40. The summed E-state index contributed by atoms with van der Waals surface area (Å²) in [6.45, 7) is 5.90. The van der Waals surface area contributed by atoms with E-state index in [1.807, 2.05) is 36.4 Å². The number of hydrogen-bond acceptors (Lipinski definition) is 2. The molecule has 2 aromatic heterocycles. The van der Waals surface area contributed by atoms with Crippen LogP contribution in [-0.4, -0.2) is 9.13 Å². The summed E-state index contributed by atoms with van der Waals surface area (Å²) >= 11 is 0. The summed E-state index contributed by atoms with van der Waals surface area (Å²) in [5, 5.41) is 23.4. The molecule has 0 atom stereocenters. The van der Waals surface area contributed by atoms with Gasteiger partial charge in [-0.2, -0.15) is 10.5 Å². The van der Waals surface area contributed by atoms with Gasteiger partial charge in [-0.3, -0.25) is 0 Å². The van der Waals surface area contributed by atoms with Crippen LogP contribution in [-0.2, 0) is 0 Å². The molecule has 6 aromatic carbocycles. The molecule has 0 aliphatic carbocycles. The van der Waals surface area contributed by atoms with Gasteiger partial charge in [0.1, 0.15) is 0 Å². The second-order valence-corrected chi connectivity index (χ2v) is 12.1. The molecule has 0 bridgehead atoms. The highest BCUT2D eigenvalue weighted by Crippen LogP contribution is 2.39. The van der Waals surface area contributed by atoms with Gasteiger partial charge in [-0.1, -0.05) is 104 Å². The quantitative estimate of drug-likeness (QED) is 0.136. The van der Waals surface area contributed by atoms with Crippen LogP contribution in [0.3, 0.4) is 0 Å². The van der Waals surface area contributed by atoms with Gasteiger partial charge in [0.2, 0.25) is 0 Å². The molecule has 0 aliphatic heterocycles. The van der Waals surface area contributed by atoms with Crippen molar-refractivity contribution in [3.8, 4) is 45.8 Å². The van der Waals surface area contributed by atoms with E-state index in [-0.39, 0.29) is 0 Å². The molecule has 0 unspecified atom stereocenters. The maximum atomic E-state index is 10.3. The van der Waals surface area contributed by atoms with Gasteiger partial charge in [-0.05, 0) is 72.7 Å². The van der Waals surface area contributed by atoms with Crippen LogP contribution in [0.2, 0.25) is 0 Å². The largest absolute Gasteiger partial charge is 0.313 e. The predicted molar refractivity (Wildman–Crippen MR) is 202 cm³/mol. The van der Waals surface area contributed by atoms with Crippen LogP contribution in [0.4, 0.5) is 0 Å². The van der Waals surface area contributed by atoms with E-state index in [1.54, 1.807) is 6.08 Å². The summed E-state index contributed by atoms with van der Waals surface area (Å²) in [6, 6.07) is 52.9. The third kappa shape index (κ3) is 4.83. The monoisotopic (exact) mass is 626 g/mol. The van der Waals surface area contributed by atoms with E-state index in [1.165, 1.54) is 10.8 Å². The summed E-state index contributed by atoms with van der Waals surface area (Å²) in [7, 11) is 0. The summed E-state index contributed by atoms with van der Waals surface area (Å²) in [6.07, 6.45) is 3.50. The first-order valence-corrected chi connectivity index (χ1v) is 16.2. The minimum absolute atomic E-state index is 0.519. The molecule has 8 rings (SSSR count). The fraction of sp³-hybridized carbons (Fsp3) is 0.0222. The molecule has 8 aromatic rings. The number of benzene rings is 6. The van der Waals surface area contributed by atoms with Crippen LogP contribution in [0, 0.1) is 29.6 Å². The van der Waals surface area contributed by atoms with E-state index >= 15 is 0 Å². The Kier molecular flexibility index (Phi) is 7.26. The normalized spacial score (nSPS) is 11.5. The SMILES string of the molecule is C=C/C(C#N)=C\c1c(C)n(-c2cccc(-c3ccc(C#N)c(-c4ccccc4-n4c5ccccc5c5ccccc54)c3)c2)c2ccccc12. The Morgan fingerprint density at radius 3 is 1.90 bits per heavy atom. The van der Waals surface area contributed by atoms with Gasteiger partial charge in [0.15, 0.2) is 0 Å². The molecule has 0 aliphatic rings. The maximum absolute atomic E-state index is 10.3. The molecule has 0 saturated heterocycles. The number of aromatic nitrogens is 2. The summed E-state index contributed by atoms with van der Waals surface area (Å²) < 4.78 is 4.55. The summed E-state index contributed by atoms with van der Waals surface area (Å²) in [4.78, 5) is 0. The molecule has 0 radical (unpaired) electrons. The van der Waals surface area contributed by atoms with Gasteiger partial charge in [0.25, 0.3) is 0 Å². The topological polar surface area (TPSA) is 57.4 Å². The highest BCUT2D eigenvalue weighted by molar-refractivity contribution is 6.09. The van der Waals surface area contributed by atoms with Crippen LogP contribution in [0.15, 0.2) is 158 Å². The average Bonchev–Trinajstić information content (AvgIpc) is 3.64. The smallest absolute Gasteiger partial charge is 0.0998 e. The van der Waals surface area contributed by atoms with Crippen LogP contribution >= 0.6 is 0 Å². The number of allylic oxidation sites excluding steroid dienone is 2. The lowest BCUT2D eigenvalue weighted by Gasteiger charge is -2.16. The second-order valence-electron chi connectivity index (χ2n) is 12.1. The molecule has 0 N–H and O–H groups in total. The minimum Gasteiger partial charge on any atom is -0.313 e. The van der Waals surface area contributed by atoms with Crippen molar-refractivity contribution in [1.82, 2.24) is 9.13 Å². The van der Waals surface area contributed by atoms with E-state index in [2.05, 4.69) is 144 Å². The van der Waals surface area contributed by atoms with Crippen molar-refractivity contribution >= 4 is 38.8 Å². The van der Waals surface area contributed by atoms with Crippen molar-refractivity contribution in [2.24, 2.45) is 0 Å². The lowest BCUT2D eigenvalue weighted by Crippen LogP contribution is -1.99. The molecule has 230 valence electrons. The van der Waals surface area contributed by atoms with E-state index in [9.17, 15) is 10.5 Å². The highest BCUT2D eigenvalue weighted by atomic mass is 15.0. The zero-order chi connectivity index (χ0) is 33.5. The van der Waals surface area contributed by atoms with Crippen molar-refractivity contribution in [1.29, 1.82) is 10.5 Å². The Bertz CT molecular complexity index is 2670. The molecule has 0 spiro atoms. The molecular weight excluding hydrogens is 597 g/mol. The molecule has 2 heterocycles. The zero-order valence-corrected chi connectivity index (χ0v) is 26.9. The number of hydrogen-bond donors (Lipinski definition) is 0. The Balaban J connectivity index is 1.30. The second kappa shape index (κ2) is 12.0. The maximum Gasteiger partial charge on any atom is 0.0998 e. The van der Waals surface area contributed by atoms with Gasteiger partial charge >= 0.3 is 0 Å². The number of nitriles is 2. The molecule has 4 nitrogen and oxygen atoms in total. The van der Waals surface area contributed by atoms with Crippen LogP contribution in [0.5, 0.6) is 0 Å². The first-order chi connectivity index (χ1) is 24.1. The lowest BCUT2D eigenvalue weighted by atomic mass is 9.93. The molecular formula is C45H30N4. The molecule has 0 saturated carbocycles. The van der Waals surface area contributed by atoms with Crippen molar-refractivity contribution in [2.75, 3.05) is 0 Å². The van der Waals surface area contributed by atoms with Gasteiger partial charge in [0.05, 0.1) is 45.5 Å². The first kappa shape index (κ1) is 29.5. The first-order valence-electron chi connectivity index (χ1n) is 16.2. The number of nitrogens with zero attached hydrogens (tertiary/aromatic N) is 4. The van der Waals surface area contributed by atoms with Gasteiger partial charge < -0.3 is 9.13 Å². The summed E-state index contributed by atoms with van der Waals surface area (Å²) in [5.74, 6) is 0. The van der Waals surface area contributed by atoms with Crippen LogP contribution < -0.4 is 0 Å². The fourth-order valence-electron chi connectivity index (χ4n) is 7.15. The van der Waals surface area contributed by atoms with Crippen molar-refractivity contribution in [3.63, 3.8) is 0 Å². The van der Waals surface area contributed by atoms with Crippen LogP contribution in [0.25, 0.3) is 72.4 Å². The van der Waals surface area contributed by atoms with Crippen molar-refractivity contribution in [2.45, 2.75) is 6.92 Å². The summed E-state index contributed by atoms with van der Waals surface area (Å²) in [5.41, 5.74) is 12.4. The molecule has 49 heavy (non-hydrogen) atoms. The Morgan fingerprint density at radius 1 is 0.612 bits per heavy atom. The van der Waals surface area contributed by atoms with Gasteiger partial charge in [-0.25, -0.2) is 0 Å². The van der Waals surface area contributed by atoms with Crippen LogP contribution in [0.1, 0.15) is 16.8 Å². The Morgan fingerprint density at radius 2 is 1.22 bits per heavy atom. The van der Waals surface area contributed by atoms with Gasteiger partial charge in [-0.15, -0.1) is 0 Å². The Hall–Kier alpha value is -6.88. The minimum atomic E-state index is 0.519. The van der Waals surface area contributed by atoms with Crippen molar-refractivity contribution < 1.29 is 0 Å². The van der Waals surface area contributed by atoms with E-state index in [4.69, 9.17) is 0 Å².